The summed E-state index contributed by atoms with van der Waals surface area (Å²) >= 11 is 3.29. The molecule has 0 aliphatic rings. The van der Waals surface area contributed by atoms with Gasteiger partial charge >= 0.3 is 5.97 Å². The number of carboxylic acids is 1. The quantitative estimate of drug-likeness (QED) is 0.674. The van der Waals surface area contributed by atoms with Gasteiger partial charge < -0.3 is 5.11 Å². The van der Waals surface area contributed by atoms with Crippen LogP contribution in [0.1, 0.15) is 21.6 Å². The van der Waals surface area contributed by atoms with Gasteiger partial charge in [-0.25, -0.2) is 18.6 Å². The molecular formula is C18H10BrF2NO2. The Kier molecular flexibility index (Phi) is 4.40. The minimum Gasteiger partial charge on any atom is -0.478 e. The fourth-order valence-corrected chi connectivity index (χ4v) is 2.68. The largest absolute Gasteiger partial charge is 0.478 e. The van der Waals surface area contributed by atoms with E-state index in [4.69, 9.17) is 0 Å². The number of benzene rings is 2. The summed E-state index contributed by atoms with van der Waals surface area (Å²) in [6.07, 6.45) is 2.62. The van der Waals surface area contributed by atoms with E-state index in [-0.39, 0.29) is 11.1 Å². The van der Waals surface area contributed by atoms with E-state index >= 15 is 0 Å². The Bertz CT molecular complexity index is 966. The van der Waals surface area contributed by atoms with Crippen molar-refractivity contribution < 1.29 is 18.7 Å². The molecular weight excluding hydrogens is 380 g/mol. The van der Waals surface area contributed by atoms with Gasteiger partial charge in [0.05, 0.1) is 16.8 Å². The van der Waals surface area contributed by atoms with Gasteiger partial charge in [0.25, 0.3) is 0 Å². The number of hydrogen-bond acceptors (Lipinski definition) is 2. The molecule has 0 amide bonds. The number of fused-ring (bicyclic) bond motifs is 1. The summed E-state index contributed by atoms with van der Waals surface area (Å²) in [5, 5.41) is 9.86. The maximum atomic E-state index is 13.6. The van der Waals surface area contributed by atoms with Crippen LogP contribution in [-0.4, -0.2) is 16.1 Å². The predicted molar refractivity (Wildman–Crippen MR) is 91.7 cm³/mol. The average Bonchev–Trinajstić information content (AvgIpc) is 2.53. The number of carbonyl (C=O) groups is 1. The van der Waals surface area contributed by atoms with Gasteiger partial charge in [0, 0.05) is 15.4 Å². The second kappa shape index (κ2) is 6.49. The number of halogens is 3. The summed E-state index contributed by atoms with van der Waals surface area (Å²) in [6, 6.07) is 10.0. The number of hydrogen-bond donors (Lipinski definition) is 1. The van der Waals surface area contributed by atoms with Crippen molar-refractivity contribution in [3.63, 3.8) is 0 Å². The van der Waals surface area contributed by atoms with Crippen molar-refractivity contribution in [3.8, 4) is 0 Å². The van der Waals surface area contributed by atoms with Crippen LogP contribution < -0.4 is 0 Å². The van der Waals surface area contributed by atoms with Crippen LogP contribution in [0.15, 0.2) is 46.9 Å². The first-order chi connectivity index (χ1) is 11.5. The molecule has 2 aromatic carbocycles. The topological polar surface area (TPSA) is 50.2 Å². The molecule has 0 bridgehead atoms. The van der Waals surface area contributed by atoms with Gasteiger partial charge in [-0.3, -0.25) is 0 Å². The molecule has 0 atom stereocenters. The van der Waals surface area contributed by atoms with E-state index < -0.39 is 17.6 Å². The highest BCUT2D eigenvalue weighted by Gasteiger charge is 2.12. The molecule has 0 fully saturated rings. The summed E-state index contributed by atoms with van der Waals surface area (Å²) < 4.78 is 28.0. The van der Waals surface area contributed by atoms with Crippen molar-refractivity contribution in [2.24, 2.45) is 0 Å². The molecule has 3 nitrogen and oxygen atoms in total. The highest BCUT2D eigenvalue weighted by atomic mass is 79.9. The van der Waals surface area contributed by atoms with Crippen LogP contribution >= 0.6 is 15.9 Å². The van der Waals surface area contributed by atoms with Gasteiger partial charge in [0.1, 0.15) is 11.6 Å². The number of carboxylic acid groups (broad SMARTS) is 1. The van der Waals surface area contributed by atoms with Crippen LogP contribution in [0, 0.1) is 11.6 Å². The highest BCUT2D eigenvalue weighted by molar-refractivity contribution is 9.10. The van der Waals surface area contributed by atoms with Gasteiger partial charge in [-0.05, 0) is 48.6 Å². The van der Waals surface area contributed by atoms with Crippen LogP contribution in [0.5, 0.6) is 0 Å². The minimum absolute atomic E-state index is 0.0648. The van der Waals surface area contributed by atoms with E-state index in [1.807, 2.05) is 0 Å². The smallest absolute Gasteiger partial charge is 0.336 e. The van der Waals surface area contributed by atoms with Gasteiger partial charge in [-0.15, -0.1) is 0 Å². The van der Waals surface area contributed by atoms with Crippen LogP contribution in [0.2, 0.25) is 0 Å². The number of nitrogens with zero attached hydrogens (tertiary/aromatic N) is 1. The number of aromatic nitrogens is 1. The lowest BCUT2D eigenvalue weighted by atomic mass is 10.1. The molecule has 1 heterocycles. The van der Waals surface area contributed by atoms with Crippen molar-refractivity contribution in [3.05, 3.63) is 75.4 Å². The number of rotatable bonds is 3. The third-order valence-corrected chi connectivity index (χ3v) is 3.93. The second-order valence-corrected chi connectivity index (χ2v) is 5.95. The van der Waals surface area contributed by atoms with Gasteiger partial charge in [0.15, 0.2) is 0 Å². The average molecular weight is 390 g/mol. The summed E-state index contributed by atoms with van der Waals surface area (Å²) in [7, 11) is 0. The lowest BCUT2D eigenvalue weighted by Crippen LogP contribution is -2.00. The van der Waals surface area contributed by atoms with Crippen molar-refractivity contribution in [1.29, 1.82) is 0 Å². The Balaban J connectivity index is 2.12. The Morgan fingerprint density at radius 1 is 1.08 bits per heavy atom. The fraction of sp³-hybridized carbons (Fsp3) is 0. The van der Waals surface area contributed by atoms with Crippen molar-refractivity contribution in [2.45, 2.75) is 0 Å². The zero-order valence-corrected chi connectivity index (χ0v) is 13.7. The Morgan fingerprint density at radius 2 is 1.79 bits per heavy atom. The van der Waals surface area contributed by atoms with E-state index in [9.17, 15) is 18.7 Å². The summed E-state index contributed by atoms with van der Waals surface area (Å²) in [5.41, 5.74) is 0.638. The van der Waals surface area contributed by atoms with Crippen molar-refractivity contribution in [1.82, 2.24) is 4.98 Å². The maximum absolute atomic E-state index is 13.6. The molecule has 24 heavy (non-hydrogen) atoms. The summed E-state index contributed by atoms with van der Waals surface area (Å²) in [6.45, 7) is 0. The van der Waals surface area contributed by atoms with Gasteiger partial charge in [0.2, 0.25) is 0 Å². The standard InChI is InChI=1S/C18H10BrF2NO2/c19-10-4-7-17-13(8-10)14(18(23)24)9-11(22-17)5-6-12-15(20)2-1-3-16(12)21/h1-9H,(H,23,24). The van der Waals surface area contributed by atoms with Crippen LogP contribution in [0.25, 0.3) is 23.1 Å². The zero-order valence-electron chi connectivity index (χ0n) is 12.1. The monoisotopic (exact) mass is 389 g/mol. The van der Waals surface area contributed by atoms with E-state index in [2.05, 4.69) is 20.9 Å². The zero-order chi connectivity index (χ0) is 17.3. The molecule has 0 radical (unpaired) electrons. The molecule has 0 aliphatic heterocycles. The molecule has 1 aromatic heterocycles. The number of aromatic carboxylic acids is 1. The minimum atomic E-state index is -1.10. The Hall–Kier alpha value is -2.60. The van der Waals surface area contributed by atoms with E-state index in [1.54, 1.807) is 18.2 Å². The Morgan fingerprint density at radius 3 is 2.46 bits per heavy atom. The molecule has 0 spiro atoms. The summed E-state index contributed by atoms with van der Waals surface area (Å²) in [4.78, 5) is 15.8. The van der Waals surface area contributed by atoms with Crippen molar-refractivity contribution >= 4 is 45.0 Å². The molecule has 0 saturated carbocycles. The van der Waals surface area contributed by atoms with Gasteiger partial charge in [-0.2, -0.15) is 0 Å². The molecule has 0 aliphatic carbocycles. The SMILES string of the molecule is O=C(O)c1cc(C=Cc2c(F)cccc2F)nc2ccc(Br)cc12. The molecule has 3 aromatic rings. The predicted octanol–water partition coefficient (Wildman–Crippen LogP) is 5.14. The van der Waals surface area contributed by atoms with Crippen LogP contribution in [0.3, 0.4) is 0 Å². The van der Waals surface area contributed by atoms with Crippen LogP contribution in [-0.2, 0) is 0 Å². The molecule has 3 rings (SSSR count). The molecule has 1 N–H and O–H groups in total. The van der Waals surface area contributed by atoms with Crippen molar-refractivity contribution in [2.75, 3.05) is 0 Å². The van der Waals surface area contributed by atoms with Crippen LogP contribution in [0.4, 0.5) is 8.78 Å². The molecule has 0 unspecified atom stereocenters. The first-order valence-corrected chi connectivity index (χ1v) is 7.70. The van der Waals surface area contributed by atoms with Gasteiger partial charge in [-0.1, -0.05) is 22.0 Å². The number of pyridine rings is 1. The highest BCUT2D eigenvalue weighted by Crippen LogP contribution is 2.24. The van der Waals surface area contributed by atoms with E-state index in [0.29, 0.717) is 16.6 Å². The lowest BCUT2D eigenvalue weighted by Gasteiger charge is -2.05. The van der Waals surface area contributed by atoms with E-state index in [0.717, 1.165) is 16.6 Å². The fourth-order valence-electron chi connectivity index (χ4n) is 2.32. The maximum Gasteiger partial charge on any atom is 0.336 e. The lowest BCUT2D eigenvalue weighted by molar-refractivity contribution is 0.0699. The normalized spacial score (nSPS) is 11.3. The van der Waals surface area contributed by atoms with E-state index in [1.165, 1.54) is 24.3 Å². The third-order valence-electron chi connectivity index (χ3n) is 3.44. The molecule has 6 heteroatoms. The first-order valence-electron chi connectivity index (χ1n) is 6.91. The third kappa shape index (κ3) is 3.19. The Labute approximate surface area is 144 Å². The first kappa shape index (κ1) is 16.3. The summed E-state index contributed by atoms with van der Waals surface area (Å²) in [5.74, 6) is -2.50. The second-order valence-electron chi connectivity index (χ2n) is 5.03. The molecule has 120 valence electrons. The molecule has 0 saturated heterocycles.